The van der Waals surface area contributed by atoms with Gasteiger partial charge in [-0.05, 0) is 23.6 Å². The van der Waals surface area contributed by atoms with Gasteiger partial charge in [0.2, 0.25) is 0 Å². The van der Waals surface area contributed by atoms with Crippen LogP contribution < -0.4 is 5.32 Å². The predicted octanol–water partition coefficient (Wildman–Crippen LogP) is 1.96. The quantitative estimate of drug-likeness (QED) is 0.782. The van der Waals surface area contributed by atoms with Gasteiger partial charge < -0.3 is 14.9 Å². The maximum absolute atomic E-state index is 10.9. The molecular weight excluding hydrogens is 306 g/mol. The van der Waals surface area contributed by atoms with E-state index in [1.165, 1.54) is 11.1 Å². The monoisotopic (exact) mass is 327 g/mol. The number of aliphatic hydroxyl groups excluding tert-OH is 1. The van der Waals surface area contributed by atoms with E-state index in [0.717, 1.165) is 11.1 Å². The molecule has 0 radical (unpaired) electrons. The molecule has 0 bridgehead atoms. The van der Waals surface area contributed by atoms with Gasteiger partial charge in [0, 0.05) is 6.54 Å². The number of rotatable bonds is 5. The molecule has 5 heteroatoms. The van der Waals surface area contributed by atoms with Crippen molar-refractivity contribution in [2.75, 3.05) is 6.54 Å². The highest BCUT2D eigenvalue weighted by atomic mass is 16.5. The summed E-state index contributed by atoms with van der Waals surface area (Å²) in [5.74, 6) is -1.06. The van der Waals surface area contributed by atoms with Crippen LogP contribution in [-0.4, -0.2) is 41.0 Å². The van der Waals surface area contributed by atoms with Crippen LogP contribution in [0.2, 0.25) is 0 Å². The Bertz CT molecular complexity index is 714. The Morgan fingerprint density at radius 3 is 2.58 bits per heavy atom. The predicted molar refractivity (Wildman–Crippen MR) is 90.6 cm³/mol. The third kappa shape index (κ3) is 3.64. The number of carboxylic acids is 1. The van der Waals surface area contributed by atoms with Gasteiger partial charge in [-0.15, -0.1) is 0 Å². The van der Waals surface area contributed by atoms with Gasteiger partial charge in [-0.25, -0.2) is 0 Å². The topological polar surface area (TPSA) is 78.8 Å². The summed E-state index contributed by atoms with van der Waals surface area (Å²) in [5, 5.41) is 21.7. The molecule has 3 atom stereocenters. The van der Waals surface area contributed by atoms with E-state index in [1.807, 2.05) is 30.3 Å². The van der Waals surface area contributed by atoms with Gasteiger partial charge in [-0.1, -0.05) is 54.1 Å². The average molecular weight is 327 g/mol. The zero-order valence-corrected chi connectivity index (χ0v) is 13.5. The van der Waals surface area contributed by atoms with E-state index in [0.29, 0.717) is 13.2 Å². The lowest BCUT2D eigenvalue weighted by atomic mass is 10.0. The van der Waals surface area contributed by atoms with Crippen LogP contribution in [-0.2, 0) is 16.1 Å². The van der Waals surface area contributed by atoms with Gasteiger partial charge in [-0.2, -0.15) is 0 Å². The zero-order valence-electron chi connectivity index (χ0n) is 13.5. The number of benzene rings is 2. The highest BCUT2D eigenvalue weighted by molar-refractivity contribution is 5.75. The Hall–Kier alpha value is -2.21. The molecule has 24 heavy (non-hydrogen) atoms. The first-order valence-corrected chi connectivity index (χ1v) is 7.96. The molecule has 1 aliphatic heterocycles. The Morgan fingerprint density at radius 2 is 1.96 bits per heavy atom. The van der Waals surface area contributed by atoms with Crippen molar-refractivity contribution in [2.24, 2.45) is 0 Å². The smallest absolute Gasteiger partial charge is 0.323 e. The van der Waals surface area contributed by atoms with Gasteiger partial charge in [-0.3, -0.25) is 10.1 Å². The lowest BCUT2D eigenvalue weighted by Gasteiger charge is -2.16. The summed E-state index contributed by atoms with van der Waals surface area (Å²) < 4.78 is 5.67. The minimum Gasteiger partial charge on any atom is -0.480 e. The third-order valence-corrected chi connectivity index (χ3v) is 4.30. The van der Waals surface area contributed by atoms with Crippen LogP contribution in [0.15, 0.2) is 48.5 Å². The molecule has 1 heterocycles. The molecule has 0 saturated carbocycles. The van der Waals surface area contributed by atoms with Crippen LogP contribution in [0.25, 0.3) is 11.1 Å². The summed E-state index contributed by atoms with van der Waals surface area (Å²) in [4.78, 5) is 10.9. The summed E-state index contributed by atoms with van der Waals surface area (Å²) in [6.07, 6.45) is -1.54. The Balaban J connectivity index is 1.60. The van der Waals surface area contributed by atoms with Gasteiger partial charge >= 0.3 is 5.97 Å². The van der Waals surface area contributed by atoms with Gasteiger partial charge in [0.25, 0.3) is 0 Å². The number of ether oxygens (including phenoxy) is 1. The fourth-order valence-corrected chi connectivity index (χ4v) is 2.91. The van der Waals surface area contributed by atoms with Crippen molar-refractivity contribution in [1.29, 1.82) is 0 Å². The number of carboxylic acid groups (broad SMARTS) is 1. The second kappa shape index (κ2) is 7.13. The summed E-state index contributed by atoms with van der Waals surface area (Å²) in [6.45, 7) is 2.74. The SMILES string of the molecule is Cc1cccc(-c2ccc(CO[C@H]3CN[C@@H](C(=O)O)[C@@H]3O)cc2)c1. The standard InChI is InChI=1S/C19H21NO4/c1-12-3-2-4-15(9-12)14-7-5-13(6-8-14)11-24-16-10-20-17(18(16)21)19(22)23/h2-9,16-18,20-21H,10-11H2,1H3,(H,22,23)/t16-,17+,18+/m0/s1. The molecule has 5 nitrogen and oxygen atoms in total. The first kappa shape index (κ1) is 16.6. The molecular formula is C19H21NO4. The Morgan fingerprint density at radius 1 is 1.21 bits per heavy atom. The fourth-order valence-electron chi connectivity index (χ4n) is 2.91. The molecule has 0 amide bonds. The van der Waals surface area contributed by atoms with Crippen LogP contribution in [0.1, 0.15) is 11.1 Å². The van der Waals surface area contributed by atoms with E-state index in [-0.39, 0.29) is 0 Å². The first-order chi connectivity index (χ1) is 11.5. The highest BCUT2D eigenvalue weighted by Crippen LogP contribution is 2.21. The van der Waals surface area contributed by atoms with Crippen molar-refractivity contribution in [3.8, 4) is 11.1 Å². The van der Waals surface area contributed by atoms with Crippen molar-refractivity contribution in [3.05, 3.63) is 59.7 Å². The van der Waals surface area contributed by atoms with Gasteiger partial charge in [0.05, 0.1) is 12.7 Å². The number of carbonyl (C=O) groups is 1. The summed E-state index contributed by atoms with van der Waals surface area (Å²) in [6, 6.07) is 15.4. The van der Waals surface area contributed by atoms with E-state index in [1.54, 1.807) is 0 Å². The normalized spacial score (nSPS) is 23.3. The van der Waals surface area contributed by atoms with Crippen LogP contribution in [0.5, 0.6) is 0 Å². The Labute approximate surface area is 140 Å². The molecule has 3 N–H and O–H groups in total. The van der Waals surface area contributed by atoms with Crippen molar-refractivity contribution in [1.82, 2.24) is 5.32 Å². The molecule has 1 aliphatic rings. The van der Waals surface area contributed by atoms with Crippen LogP contribution in [0.4, 0.5) is 0 Å². The van der Waals surface area contributed by atoms with Crippen molar-refractivity contribution in [2.45, 2.75) is 31.8 Å². The number of aliphatic carboxylic acids is 1. The molecule has 0 aromatic heterocycles. The minimum atomic E-state index is -1.06. The van der Waals surface area contributed by atoms with E-state index in [4.69, 9.17) is 9.84 Å². The maximum atomic E-state index is 10.9. The van der Waals surface area contributed by atoms with Crippen LogP contribution in [0.3, 0.4) is 0 Å². The first-order valence-electron chi connectivity index (χ1n) is 7.96. The number of hydrogen-bond acceptors (Lipinski definition) is 4. The molecule has 1 fully saturated rings. The number of hydrogen-bond donors (Lipinski definition) is 3. The van der Waals surface area contributed by atoms with Crippen LogP contribution >= 0.6 is 0 Å². The molecule has 2 aromatic rings. The van der Waals surface area contributed by atoms with Gasteiger partial charge in [0.1, 0.15) is 12.1 Å². The molecule has 0 aliphatic carbocycles. The van der Waals surface area contributed by atoms with Crippen molar-refractivity contribution in [3.63, 3.8) is 0 Å². The third-order valence-electron chi connectivity index (χ3n) is 4.30. The maximum Gasteiger partial charge on any atom is 0.323 e. The lowest BCUT2D eigenvalue weighted by Crippen LogP contribution is -2.40. The second-order valence-corrected chi connectivity index (χ2v) is 6.13. The number of nitrogens with one attached hydrogen (secondary N) is 1. The number of aliphatic hydroxyl groups is 1. The van der Waals surface area contributed by atoms with E-state index < -0.39 is 24.2 Å². The minimum absolute atomic E-state index is 0.333. The van der Waals surface area contributed by atoms with Crippen molar-refractivity contribution >= 4 is 5.97 Å². The zero-order chi connectivity index (χ0) is 17.1. The molecule has 0 unspecified atom stereocenters. The van der Waals surface area contributed by atoms with E-state index >= 15 is 0 Å². The lowest BCUT2D eigenvalue weighted by molar-refractivity contribution is -0.142. The summed E-state index contributed by atoms with van der Waals surface area (Å²) in [5.41, 5.74) is 4.51. The molecule has 0 spiro atoms. The summed E-state index contributed by atoms with van der Waals surface area (Å²) >= 11 is 0. The average Bonchev–Trinajstić information content (AvgIpc) is 2.94. The fraction of sp³-hybridized carbons (Fsp3) is 0.316. The van der Waals surface area contributed by atoms with Gasteiger partial charge in [0.15, 0.2) is 0 Å². The highest BCUT2D eigenvalue weighted by Gasteiger charge is 2.39. The summed E-state index contributed by atoms with van der Waals surface area (Å²) in [7, 11) is 0. The molecule has 2 aromatic carbocycles. The molecule has 3 rings (SSSR count). The Kier molecular flexibility index (Phi) is 4.94. The van der Waals surface area contributed by atoms with Crippen molar-refractivity contribution < 1.29 is 19.7 Å². The molecule has 1 saturated heterocycles. The number of aryl methyl sites for hydroxylation is 1. The van der Waals surface area contributed by atoms with E-state index in [9.17, 15) is 9.90 Å². The van der Waals surface area contributed by atoms with E-state index in [2.05, 4.69) is 30.4 Å². The second-order valence-electron chi connectivity index (χ2n) is 6.13. The molecule has 126 valence electrons. The van der Waals surface area contributed by atoms with Crippen LogP contribution in [0, 0.1) is 6.92 Å². The largest absolute Gasteiger partial charge is 0.480 e.